The van der Waals surface area contributed by atoms with Crippen LogP contribution in [0.1, 0.15) is 24.5 Å². The first-order chi connectivity index (χ1) is 9.78. The van der Waals surface area contributed by atoms with Gasteiger partial charge in [0.1, 0.15) is 0 Å². The Labute approximate surface area is 134 Å². The lowest BCUT2D eigenvalue weighted by Crippen LogP contribution is -2.13. The average Bonchev–Trinajstić information content (AvgIpc) is 2.46. The Morgan fingerprint density at radius 2 is 1.85 bits per heavy atom. The van der Waals surface area contributed by atoms with Gasteiger partial charge in [0.05, 0.1) is 0 Å². The molecule has 0 saturated heterocycles. The van der Waals surface area contributed by atoms with E-state index in [1.807, 2.05) is 11.8 Å². The summed E-state index contributed by atoms with van der Waals surface area (Å²) in [5.74, 6) is 1.01. The van der Waals surface area contributed by atoms with Crippen LogP contribution in [0.2, 0.25) is 0 Å². The Balaban J connectivity index is 1.91. The van der Waals surface area contributed by atoms with Crippen LogP contribution in [0.4, 0.5) is 0 Å². The van der Waals surface area contributed by atoms with Gasteiger partial charge < -0.3 is 5.32 Å². The first kappa shape index (κ1) is 15.6. The Hall–Kier alpha value is -0.770. The van der Waals surface area contributed by atoms with Crippen LogP contribution in [-0.4, -0.2) is 6.54 Å². The summed E-state index contributed by atoms with van der Waals surface area (Å²) >= 11 is 5.40. The van der Waals surface area contributed by atoms with Crippen molar-refractivity contribution < 1.29 is 0 Å². The molecule has 20 heavy (non-hydrogen) atoms. The maximum atomic E-state index is 3.52. The van der Waals surface area contributed by atoms with Crippen molar-refractivity contribution in [1.29, 1.82) is 0 Å². The highest BCUT2D eigenvalue weighted by Gasteiger charge is 1.99. The molecule has 1 N–H and O–H groups in total. The van der Waals surface area contributed by atoms with Crippen LogP contribution in [0.25, 0.3) is 0 Å². The van der Waals surface area contributed by atoms with Crippen molar-refractivity contribution in [3.8, 4) is 0 Å². The largest absolute Gasteiger partial charge is 0.313 e. The van der Waals surface area contributed by atoms with Crippen LogP contribution in [0.5, 0.6) is 0 Å². The zero-order valence-corrected chi connectivity index (χ0v) is 14.1. The molecule has 0 unspecified atom stereocenters. The van der Waals surface area contributed by atoms with Gasteiger partial charge in [-0.05, 0) is 48.4 Å². The molecule has 106 valence electrons. The van der Waals surface area contributed by atoms with E-state index in [9.17, 15) is 0 Å². The number of rotatable bonds is 7. The SMILES string of the molecule is CCCNCc1cccc(SCc2cccc(Br)c2)c1. The fraction of sp³-hybridized carbons (Fsp3) is 0.294. The summed E-state index contributed by atoms with van der Waals surface area (Å²) in [7, 11) is 0. The minimum Gasteiger partial charge on any atom is -0.313 e. The summed E-state index contributed by atoms with van der Waals surface area (Å²) in [4.78, 5) is 1.33. The Morgan fingerprint density at radius 1 is 1.05 bits per heavy atom. The molecule has 0 heterocycles. The lowest BCUT2D eigenvalue weighted by atomic mass is 10.2. The zero-order valence-electron chi connectivity index (χ0n) is 11.7. The fourth-order valence-electron chi connectivity index (χ4n) is 1.95. The van der Waals surface area contributed by atoms with Gasteiger partial charge in [-0.3, -0.25) is 0 Å². The molecule has 0 aliphatic carbocycles. The number of benzene rings is 2. The lowest BCUT2D eigenvalue weighted by molar-refractivity contribution is 0.674. The van der Waals surface area contributed by atoms with Crippen LogP contribution in [0, 0.1) is 0 Å². The van der Waals surface area contributed by atoms with Gasteiger partial charge in [0.15, 0.2) is 0 Å². The van der Waals surface area contributed by atoms with Gasteiger partial charge >= 0.3 is 0 Å². The molecule has 1 nitrogen and oxygen atoms in total. The molecule has 0 spiro atoms. The molecule has 2 rings (SSSR count). The van der Waals surface area contributed by atoms with Crippen molar-refractivity contribution in [3.63, 3.8) is 0 Å². The summed E-state index contributed by atoms with van der Waals surface area (Å²) in [5.41, 5.74) is 2.71. The molecule has 3 heteroatoms. The molecule has 0 atom stereocenters. The predicted molar refractivity (Wildman–Crippen MR) is 92.1 cm³/mol. The van der Waals surface area contributed by atoms with Crippen molar-refractivity contribution in [3.05, 3.63) is 64.1 Å². The molecule has 2 aromatic carbocycles. The van der Waals surface area contributed by atoms with E-state index in [1.54, 1.807) is 0 Å². The van der Waals surface area contributed by atoms with Gasteiger partial charge in [0, 0.05) is 21.7 Å². The fourth-order valence-corrected chi connectivity index (χ4v) is 3.32. The first-order valence-electron chi connectivity index (χ1n) is 6.95. The van der Waals surface area contributed by atoms with E-state index in [1.165, 1.54) is 22.4 Å². The molecule has 0 amide bonds. The van der Waals surface area contributed by atoms with E-state index in [0.717, 1.165) is 23.3 Å². The summed E-state index contributed by atoms with van der Waals surface area (Å²) in [6.07, 6.45) is 1.18. The van der Waals surface area contributed by atoms with Crippen LogP contribution < -0.4 is 5.32 Å². The molecule has 0 aromatic heterocycles. The third-order valence-electron chi connectivity index (χ3n) is 2.95. The first-order valence-corrected chi connectivity index (χ1v) is 8.72. The van der Waals surface area contributed by atoms with Crippen LogP contribution in [0.3, 0.4) is 0 Å². The van der Waals surface area contributed by atoms with E-state index < -0.39 is 0 Å². The molecule has 0 fully saturated rings. The zero-order chi connectivity index (χ0) is 14.2. The van der Waals surface area contributed by atoms with Crippen molar-refractivity contribution in [2.45, 2.75) is 30.5 Å². The van der Waals surface area contributed by atoms with E-state index in [-0.39, 0.29) is 0 Å². The summed E-state index contributed by atoms with van der Waals surface area (Å²) in [6.45, 7) is 4.23. The summed E-state index contributed by atoms with van der Waals surface area (Å²) < 4.78 is 1.15. The third-order valence-corrected chi connectivity index (χ3v) is 4.51. The second-order valence-electron chi connectivity index (χ2n) is 4.74. The highest BCUT2D eigenvalue weighted by Crippen LogP contribution is 2.24. The quantitative estimate of drug-likeness (QED) is 0.541. The molecule has 0 saturated carbocycles. The normalized spacial score (nSPS) is 10.7. The second kappa shape index (κ2) is 8.50. The number of halogens is 1. The highest BCUT2D eigenvalue weighted by molar-refractivity contribution is 9.10. The van der Waals surface area contributed by atoms with Crippen molar-refractivity contribution >= 4 is 27.7 Å². The minimum absolute atomic E-state index is 0.957. The second-order valence-corrected chi connectivity index (χ2v) is 6.71. The maximum Gasteiger partial charge on any atom is 0.0232 e. The van der Waals surface area contributed by atoms with Crippen molar-refractivity contribution in [1.82, 2.24) is 5.32 Å². The number of nitrogens with one attached hydrogen (secondary N) is 1. The maximum absolute atomic E-state index is 3.52. The summed E-state index contributed by atoms with van der Waals surface area (Å²) in [6, 6.07) is 17.3. The van der Waals surface area contributed by atoms with Crippen molar-refractivity contribution in [2.24, 2.45) is 0 Å². The van der Waals surface area contributed by atoms with Gasteiger partial charge in [-0.1, -0.05) is 47.1 Å². The van der Waals surface area contributed by atoms with Gasteiger partial charge in [0.25, 0.3) is 0 Å². The minimum atomic E-state index is 0.957. The highest BCUT2D eigenvalue weighted by atomic mass is 79.9. The van der Waals surface area contributed by atoms with Gasteiger partial charge in [0.2, 0.25) is 0 Å². The molecular formula is C17H20BrNS. The summed E-state index contributed by atoms with van der Waals surface area (Å²) in [5, 5.41) is 3.44. The number of hydrogen-bond donors (Lipinski definition) is 1. The smallest absolute Gasteiger partial charge is 0.0232 e. The van der Waals surface area contributed by atoms with Crippen LogP contribution in [0.15, 0.2) is 57.9 Å². The lowest BCUT2D eigenvalue weighted by Gasteiger charge is -2.07. The third kappa shape index (κ3) is 5.31. The Bertz CT molecular complexity index is 542. The standard InChI is InChI=1S/C17H20BrNS/c1-2-9-19-12-14-5-4-8-17(11-14)20-13-15-6-3-7-16(18)10-15/h3-8,10-11,19H,2,9,12-13H2,1H3. The molecule has 0 radical (unpaired) electrons. The Kier molecular flexibility index (Phi) is 6.64. The molecular weight excluding hydrogens is 330 g/mol. The van der Waals surface area contributed by atoms with Gasteiger partial charge in [-0.25, -0.2) is 0 Å². The van der Waals surface area contributed by atoms with Crippen LogP contribution in [-0.2, 0) is 12.3 Å². The van der Waals surface area contributed by atoms with Crippen LogP contribution >= 0.6 is 27.7 Å². The molecule has 0 bridgehead atoms. The number of hydrogen-bond acceptors (Lipinski definition) is 2. The van der Waals surface area contributed by atoms with Gasteiger partial charge in [-0.15, -0.1) is 11.8 Å². The average molecular weight is 350 g/mol. The van der Waals surface area contributed by atoms with Crippen molar-refractivity contribution in [2.75, 3.05) is 6.54 Å². The topological polar surface area (TPSA) is 12.0 Å². The molecule has 2 aromatic rings. The van der Waals surface area contributed by atoms with E-state index in [0.29, 0.717) is 0 Å². The van der Waals surface area contributed by atoms with Gasteiger partial charge in [-0.2, -0.15) is 0 Å². The molecule has 0 aliphatic heterocycles. The Morgan fingerprint density at radius 3 is 2.65 bits per heavy atom. The van der Waals surface area contributed by atoms with E-state index in [4.69, 9.17) is 0 Å². The van der Waals surface area contributed by atoms with E-state index in [2.05, 4.69) is 76.7 Å². The monoisotopic (exact) mass is 349 g/mol. The van der Waals surface area contributed by atoms with E-state index >= 15 is 0 Å². The predicted octanol–water partition coefficient (Wildman–Crippen LogP) is 5.24. The number of thioether (sulfide) groups is 1. The molecule has 0 aliphatic rings.